The van der Waals surface area contributed by atoms with E-state index >= 15 is 0 Å². The molecule has 0 aromatic heterocycles. The predicted molar refractivity (Wildman–Crippen MR) is 70.9 cm³/mol. The third-order valence-corrected chi connectivity index (χ3v) is 3.91. The Morgan fingerprint density at radius 2 is 2.05 bits per heavy atom. The van der Waals surface area contributed by atoms with Gasteiger partial charge in [0.15, 0.2) is 0 Å². The van der Waals surface area contributed by atoms with Crippen molar-refractivity contribution >= 4 is 12.0 Å². The number of carbonyl (C=O) groups is 2. The Kier molecular flexibility index (Phi) is 5.17. The highest BCUT2D eigenvalue weighted by molar-refractivity contribution is 5.87. The molecule has 1 aliphatic heterocycles. The molecule has 2 amide bonds. The van der Waals surface area contributed by atoms with E-state index in [4.69, 9.17) is 5.11 Å². The molecule has 0 aromatic rings. The van der Waals surface area contributed by atoms with Crippen LogP contribution >= 0.6 is 0 Å². The van der Waals surface area contributed by atoms with Crippen molar-refractivity contribution in [3.63, 3.8) is 0 Å². The van der Waals surface area contributed by atoms with E-state index < -0.39 is 11.5 Å². The lowest BCUT2D eigenvalue weighted by Gasteiger charge is -2.38. The molecule has 0 aromatic carbocycles. The maximum absolute atomic E-state index is 12.5. The molecule has 6 heteroatoms. The van der Waals surface area contributed by atoms with Crippen LogP contribution in [-0.4, -0.2) is 63.3 Å². The Balaban J connectivity index is 2.99. The van der Waals surface area contributed by atoms with Gasteiger partial charge in [-0.25, -0.2) is 9.59 Å². The van der Waals surface area contributed by atoms with Crippen LogP contribution in [0.2, 0.25) is 0 Å². The van der Waals surface area contributed by atoms with Gasteiger partial charge in [-0.2, -0.15) is 0 Å². The first-order chi connectivity index (χ1) is 8.90. The zero-order valence-electron chi connectivity index (χ0n) is 11.9. The van der Waals surface area contributed by atoms with E-state index in [1.807, 2.05) is 13.8 Å². The first-order valence-corrected chi connectivity index (χ1v) is 6.83. The van der Waals surface area contributed by atoms with Gasteiger partial charge in [0.05, 0.1) is 6.61 Å². The Hall–Kier alpha value is -1.30. The van der Waals surface area contributed by atoms with Crippen LogP contribution in [0.25, 0.3) is 0 Å². The number of amides is 2. The van der Waals surface area contributed by atoms with Gasteiger partial charge in [-0.1, -0.05) is 6.92 Å². The standard InChI is InChI=1S/C13H24N2O4/c1-4-13(11(17)18)6-5-7-15(13)12(19)14(8-9-16)10(2)3/h10,16H,4-9H2,1-3H3,(H,17,18). The van der Waals surface area contributed by atoms with Crippen LogP contribution in [0.15, 0.2) is 0 Å². The van der Waals surface area contributed by atoms with Crippen molar-refractivity contribution < 1.29 is 19.8 Å². The van der Waals surface area contributed by atoms with Gasteiger partial charge < -0.3 is 20.0 Å². The number of hydrogen-bond donors (Lipinski definition) is 2. The maximum Gasteiger partial charge on any atom is 0.329 e. The summed E-state index contributed by atoms with van der Waals surface area (Å²) in [5.74, 6) is -0.937. The molecule has 1 atom stereocenters. The van der Waals surface area contributed by atoms with E-state index in [1.54, 1.807) is 6.92 Å². The molecule has 1 unspecified atom stereocenters. The van der Waals surface area contributed by atoms with Crippen LogP contribution in [0.3, 0.4) is 0 Å². The van der Waals surface area contributed by atoms with Gasteiger partial charge in [0.25, 0.3) is 0 Å². The van der Waals surface area contributed by atoms with Crippen LogP contribution in [0, 0.1) is 0 Å². The fourth-order valence-electron chi connectivity index (χ4n) is 2.74. The third-order valence-electron chi connectivity index (χ3n) is 3.91. The highest BCUT2D eigenvalue weighted by atomic mass is 16.4. The summed E-state index contributed by atoms with van der Waals surface area (Å²) < 4.78 is 0. The second kappa shape index (κ2) is 6.23. The predicted octanol–water partition coefficient (Wildman–Crippen LogP) is 1.14. The minimum atomic E-state index is -1.08. The average Bonchev–Trinajstić information content (AvgIpc) is 2.79. The molecule has 0 bridgehead atoms. The smallest absolute Gasteiger partial charge is 0.329 e. The van der Waals surface area contributed by atoms with E-state index in [1.165, 1.54) is 9.80 Å². The van der Waals surface area contributed by atoms with Crippen molar-refractivity contribution in [3.05, 3.63) is 0 Å². The Bertz CT molecular complexity index is 346. The summed E-state index contributed by atoms with van der Waals surface area (Å²) in [5, 5.41) is 18.5. The number of aliphatic carboxylic acids is 1. The number of aliphatic hydroxyl groups excluding tert-OH is 1. The number of urea groups is 1. The van der Waals surface area contributed by atoms with Crippen LogP contribution in [0.4, 0.5) is 4.79 Å². The van der Waals surface area contributed by atoms with Gasteiger partial charge in [-0.15, -0.1) is 0 Å². The number of carboxylic acids is 1. The molecule has 0 saturated carbocycles. The highest BCUT2D eigenvalue weighted by Crippen LogP contribution is 2.33. The SMILES string of the molecule is CCC1(C(=O)O)CCCN1C(=O)N(CCO)C(C)C. The minimum absolute atomic E-state index is 0.0661. The lowest BCUT2D eigenvalue weighted by atomic mass is 9.93. The van der Waals surface area contributed by atoms with Gasteiger partial charge in [-0.3, -0.25) is 0 Å². The zero-order valence-corrected chi connectivity index (χ0v) is 11.9. The molecule has 1 fully saturated rings. The quantitative estimate of drug-likeness (QED) is 0.786. The van der Waals surface area contributed by atoms with Crippen molar-refractivity contribution in [3.8, 4) is 0 Å². The number of hydrogen-bond acceptors (Lipinski definition) is 3. The number of carbonyl (C=O) groups excluding carboxylic acids is 1. The van der Waals surface area contributed by atoms with Crippen molar-refractivity contribution in [2.75, 3.05) is 19.7 Å². The van der Waals surface area contributed by atoms with Gasteiger partial charge in [0.2, 0.25) is 0 Å². The molecule has 0 spiro atoms. The first kappa shape index (κ1) is 15.8. The van der Waals surface area contributed by atoms with E-state index in [0.717, 1.165) is 0 Å². The number of likely N-dealkylation sites (tertiary alicyclic amines) is 1. The maximum atomic E-state index is 12.5. The van der Waals surface area contributed by atoms with Gasteiger partial charge in [-0.05, 0) is 33.1 Å². The van der Waals surface area contributed by atoms with Crippen LogP contribution in [-0.2, 0) is 4.79 Å². The number of nitrogens with zero attached hydrogens (tertiary/aromatic N) is 2. The number of carboxylic acid groups (broad SMARTS) is 1. The van der Waals surface area contributed by atoms with Crippen molar-refractivity contribution in [1.29, 1.82) is 0 Å². The summed E-state index contributed by atoms with van der Waals surface area (Å²) in [6, 6.07) is -0.352. The normalized spacial score (nSPS) is 22.9. The topological polar surface area (TPSA) is 81.1 Å². The zero-order chi connectivity index (χ0) is 14.6. The Morgan fingerprint density at radius 3 is 2.47 bits per heavy atom. The molecule has 6 nitrogen and oxygen atoms in total. The van der Waals surface area contributed by atoms with E-state index in [-0.39, 0.29) is 25.2 Å². The van der Waals surface area contributed by atoms with Gasteiger partial charge in [0, 0.05) is 19.1 Å². The minimum Gasteiger partial charge on any atom is -0.479 e. The Morgan fingerprint density at radius 1 is 1.42 bits per heavy atom. The first-order valence-electron chi connectivity index (χ1n) is 6.83. The Labute approximate surface area is 114 Å². The molecular formula is C13H24N2O4. The molecule has 110 valence electrons. The summed E-state index contributed by atoms with van der Waals surface area (Å²) in [5.41, 5.74) is -1.08. The fourth-order valence-corrected chi connectivity index (χ4v) is 2.74. The average molecular weight is 272 g/mol. The number of aliphatic hydroxyl groups is 1. The fraction of sp³-hybridized carbons (Fsp3) is 0.846. The monoisotopic (exact) mass is 272 g/mol. The van der Waals surface area contributed by atoms with Crippen LogP contribution < -0.4 is 0 Å². The van der Waals surface area contributed by atoms with Crippen molar-refractivity contribution in [2.45, 2.75) is 51.6 Å². The summed E-state index contributed by atoms with van der Waals surface area (Å²) in [7, 11) is 0. The van der Waals surface area contributed by atoms with Gasteiger partial charge in [0.1, 0.15) is 5.54 Å². The van der Waals surface area contributed by atoms with E-state index in [0.29, 0.717) is 25.8 Å². The third kappa shape index (κ3) is 2.83. The van der Waals surface area contributed by atoms with Crippen LogP contribution in [0.1, 0.15) is 40.0 Å². The molecule has 0 radical (unpaired) electrons. The second-order valence-corrected chi connectivity index (χ2v) is 5.24. The van der Waals surface area contributed by atoms with Crippen LogP contribution in [0.5, 0.6) is 0 Å². The molecule has 0 aliphatic carbocycles. The van der Waals surface area contributed by atoms with Gasteiger partial charge >= 0.3 is 12.0 Å². The van der Waals surface area contributed by atoms with E-state index in [2.05, 4.69) is 0 Å². The summed E-state index contributed by atoms with van der Waals surface area (Å²) in [6.07, 6.45) is 1.60. The molecule has 2 N–H and O–H groups in total. The second-order valence-electron chi connectivity index (χ2n) is 5.24. The molecule has 1 saturated heterocycles. The van der Waals surface area contributed by atoms with E-state index in [9.17, 15) is 14.7 Å². The lowest BCUT2D eigenvalue weighted by Crippen LogP contribution is -2.58. The summed E-state index contributed by atoms with van der Waals surface area (Å²) >= 11 is 0. The molecular weight excluding hydrogens is 248 g/mol. The molecule has 1 rings (SSSR count). The number of rotatable bonds is 5. The van der Waals surface area contributed by atoms with Crippen molar-refractivity contribution in [2.24, 2.45) is 0 Å². The van der Waals surface area contributed by atoms with Crippen molar-refractivity contribution in [1.82, 2.24) is 9.80 Å². The summed E-state index contributed by atoms with van der Waals surface area (Å²) in [4.78, 5) is 27.1. The molecule has 19 heavy (non-hydrogen) atoms. The molecule has 1 aliphatic rings. The highest BCUT2D eigenvalue weighted by Gasteiger charge is 2.49. The lowest BCUT2D eigenvalue weighted by molar-refractivity contribution is -0.148. The largest absolute Gasteiger partial charge is 0.479 e. The molecule has 1 heterocycles. The summed E-state index contributed by atoms with van der Waals surface area (Å²) in [6.45, 7) is 6.09.